The van der Waals surface area contributed by atoms with E-state index < -0.39 is 29.4 Å². The van der Waals surface area contributed by atoms with Gasteiger partial charge in [-0.25, -0.2) is 4.39 Å². The number of aliphatic hydroxyl groups is 1. The molecule has 184 valence electrons. The van der Waals surface area contributed by atoms with Crippen LogP contribution in [0, 0.1) is 28.6 Å². The van der Waals surface area contributed by atoms with Crippen LogP contribution in [0.4, 0.5) is 4.39 Å². The van der Waals surface area contributed by atoms with Gasteiger partial charge in [0.25, 0.3) is 0 Å². The normalized spacial score (nSPS) is 49.3. The highest BCUT2D eigenvalue weighted by Gasteiger charge is 2.69. The molecule has 1 unspecified atom stereocenters. The summed E-state index contributed by atoms with van der Waals surface area (Å²) in [5.74, 6) is -1.25. The fourth-order valence-corrected chi connectivity index (χ4v) is 9.30. The Morgan fingerprint density at radius 1 is 1.06 bits per heavy atom. The second kappa shape index (κ2) is 7.38. The fraction of sp³-hybridized carbons (Fsp3) is 0.679. The van der Waals surface area contributed by atoms with Crippen LogP contribution >= 0.6 is 11.6 Å². The maximum Gasteiger partial charge on any atom is 0.181 e. The van der Waals surface area contributed by atoms with E-state index >= 15 is 4.39 Å². The second-order valence-electron chi connectivity index (χ2n) is 12.3. The minimum Gasteiger partial charge on any atom is -0.393 e. The summed E-state index contributed by atoms with van der Waals surface area (Å²) in [5, 5.41) is 11.7. The molecule has 6 rings (SSSR count). The van der Waals surface area contributed by atoms with Crippen LogP contribution in [0.5, 0.6) is 0 Å². The number of aliphatic hydroxyl groups excluding tert-OH is 1. The molecule has 10 atom stereocenters. The lowest BCUT2D eigenvalue weighted by atomic mass is 9.45. The Hall–Kier alpha value is -1.27. The van der Waals surface area contributed by atoms with Gasteiger partial charge >= 0.3 is 0 Å². The number of Topliss-reactive ketones (excluding diaryl/α,β-unsaturated/α-hetero) is 1. The van der Waals surface area contributed by atoms with E-state index in [1.54, 1.807) is 0 Å². The van der Waals surface area contributed by atoms with Gasteiger partial charge < -0.3 is 14.6 Å². The molecule has 6 heteroatoms. The molecule has 1 aromatic carbocycles. The number of carbonyl (C=O) groups excluding carboxylic acids is 1. The van der Waals surface area contributed by atoms with Crippen molar-refractivity contribution >= 4 is 17.4 Å². The van der Waals surface area contributed by atoms with Gasteiger partial charge in [0.1, 0.15) is 6.17 Å². The van der Waals surface area contributed by atoms with Crippen molar-refractivity contribution in [3.63, 3.8) is 0 Å². The molecule has 0 spiro atoms. The van der Waals surface area contributed by atoms with Crippen molar-refractivity contribution < 1.29 is 23.8 Å². The summed E-state index contributed by atoms with van der Waals surface area (Å²) >= 11 is 6.67. The van der Waals surface area contributed by atoms with Crippen molar-refractivity contribution in [2.45, 2.75) is 89.6 Å². The summed E-state index contributed by atoms with van der Waals surface area (Å²) in [6, 6.07) is 9.64. The molecule has 5 aliphatic rings. The highest BCUT2D eigenvalue weighted by atomic mass is 35.5. The number of rotatable bonds is 1. The minimum absolute atomic E-state index is 0.0208. The number of alkyl halides is 1. The van der Waals surface area contributed by atoms with Crippen molar-refractivity contribution in [2.24, 2.45) is 28.6 Å². The van der Waals surface area contributed by atoms with E-state index in [1.807, 2.05) is 51.1 Å². The van der Waals surface area contributed by atoms with Gasteiger partial charge in [0.15, 0.2) is 11.6 Å². The molecule has 3 saturated carbocycles. The number of fused-ring (bicyclic) bond motifs is 7. The molecular formula is C28H34ClFO4. The molecule has 1 aromatic rings. The van der Waals surface area contributed by atoms with E-state index in [-0.39, 0.29) is 52.6 Å². The first-order valence-corrected chi connectivity index (χ1v) is 13.0. The number of hydrogen-bond donors (Lipinski definition) is 1. The lowest BCUT2D eigenvalue weighted by molar-refractivity contribution is -0.201. The summed E-state index contributed by atoms with van der Waals surface area (Å²) in [6.07, 6.45) is 0.111. The minimum atomic E-state index is -1.28. The zero-order valence-electron chi connectivity index (χ0n) is 20.3. The third kappa shape index (κ3) is 3.03. The molecule has 34 heavy (non-hydrogen) atoms. The number of benzene rings is 1. The van der Waals surface area contributed by atoms with E-state index in [9.17, 15) is 9.90 Å². The van der Waals surface area contributed by atoms with Crippen LogP contribution in [0.25, 0.3) is 0 Å². The Bertz CT molecular complexity index is 1060. The molecule has 1 heterocycles. The predicted octanol–water partition coefficient (Wildman–Crippen LogP) is 5.53. The van der Waals surface area contributed by atoms with Crippen molar-refractivity contribution in [1.82, 2.24) is 0 Å². The molecule has 1 aliphatic heterocycles. The van der Waals surface area contributed by atoms with Crippen molar-refractivity contribution in [3.8, 4) is 0 Å². The third-order valence-electron chi connectivity index (χ3n) is 9.95. The van der Waals surface area contributed by atoms with Crippen LogP contribution in [-0.4, -0.2) is 41.2 Å². The number of halogens is 2. The molecule has 4 nitrogen and oxygen atoms in total. The molecule has 1 saturated heterocycles. The molecular weight excluding hydrogens is 455 g/mol. The first-order valence-electron chi connectivity index (χ1n) is 12.6. The van der Waals surface area contributed by atoms with Gasteiger partial charge in [-0.1, -0.05) is 55.8 Å². The van der Waals surface area contributed by atoms with Crippen LogP contribution in [0.3, 0.4) is 0 Å². The zero-order chi connectivity index (χ0) is 24.2. The highest BCUT2D eigenvalue weighted by molar-refractivity contribution is 6.44. The average Bonchev–Trinajstić information content (AvgIpc) is 3.21. The van der Waals surface area contributed by atoms with Gasteiger partial charge in [0.2, 0.25) is 0 Å². The standard InChI is InChI=1S/C28H34ClFO4/c1-26(2)33-20-11-17-15-10-18(30)22-23(29)24(32)16(14-8-6-5-7-9-14)12-28(22,4)21(15)19(31)13-27(17,3)25(20)34-26/h5-9,15-21,25,31H,10-13H2,1-4H3/t15-,16?,17-,18-,19-,20+,21+,25+,27-,28+/m0/s1. The molecule has 0 radical (unpaired) electrons. The van der Waals surface area contributed by atoms with Crippen LogP contribution in [0.15, 0.2) is 40.9 Å². The summed E-state index contributed by atoms with van der Waals surface area (Å²) in [5.41, 5.74) is 0.358. The molecule has 0 bridgehead atoms. The Morgan fingerprint density at radius 3 is 2.47 bits per heavy atom. The molecule has 1 N–H and O–H groups in total. The van der Waals surface area contributed by atoms with E-state index in [0.29, 0.717) is 18.4 Å². The monoisotopic (exact) mass is 488 g/mol. The van der Waals surface area contributed by atoms with Gasteiger partial charge in [-0.3, -0.25) is 4.79 Å². The Morgan fingerprint density at radius 2 is 1.76 bits per heavy atom. The second-order valence-corrected chi connectivity index (χ2v) is 12.7. The lowest BCUT2D eigenvalue weighted by Crippen LogP contribution is -2.60. The van der Waals surface area contributed by atoms with Gasteiger partial charge in [-0.2, -0.15) is 0 Å². The zero-order valence-corrected chi connectivity index (χ0v) is 21.0. The third-order valence-corrected chi connectivity index (χ3v) is 10.3. The lowest BCUT2D eigenvalue weighted by Gasteiger charge is -2.60. The van der Waals surface area contributed by atoms with Crippen LogP contribution < -0.4 is 0 Å². The van der Waals surface area contributed by atoms with Crippen molar-refractivity contribution in [2.75, 3.05) is 0 Å². The smallest absolute Gasteiger partial charge is 0.181 e. The first kappa shape index (κ1) is 23.1. The summed E-state index contributed by atoms with van der Waals surface area (Å²) in [7, 11) is 0. The number of hydrogen-bond acceptors (Lipinski definition) is 4. The van der Waals surface area contributed by atoms with E-state index in [2.05, 4.69) is 6.92 Å². The average molecular weight is 489 g/mol. The van der Waals surface area contributed by atoms with Crippen LogP contribution in [-0.2, 0) is 14.3 Å². The first-order chi connectivity index (χ1) is 16.0. The van der Waals surface area contributed by atoms with Gasteiger partial charge in [0, 0.05) is 11.3 Å². The molecule has 4 fully saturated rings. The highest BCUT2D eigenvalue weighted by Crippen LogP contribution is 2.69. The van der Waals surface area contributed by atoms with Gasteiger partial charge in [-0.05, 0) is 73.8 Å². The van der Waals surface area contributed by atoms with Crippen molar-refractivity contribution in [3.05, 3.63) is 46.5 Å². The van der Waals surface area contributed by atoms with E-state index in [0.717, 1.165) is 12.0 Å². The Labute approximate surface area is 205 Å². The maximum atomic E-state index is 16.0. The molecule has 0 amide bonds. The Balaban J connectivity index is 1.41. The fourth-order valence-electron chi connectivity index (χ4n) is 8.84. The van der Waals surface area contributed by atoms with Gasteiger partial charge in [0.05, 0.1) is 23.3 Å². The number of ether oxygens (including phenoxy) is 2. The van der Waals surface area contributed by atoms with Crippen LogP contribution in [0.2, 0.25) is 0 Å². The number of carbonyl (C=O) groups is 1. The molecule has 4 aliphatic carbocycles. The summed E-state index contributed by atoms with van der Waals surface area (Å²) in [6.45, 7) is 8.10. The van der Waals surface area contributed by atoms with E-state index in [4.69, 9.17) is 21.1 Å². The number of allylic oxidation sites excluding steroid dienone is 1. The van der Waals surface area contributed by atoms with Gasteiger partial charge in [-0.15, -0.1) is 0 Å². The summed E-state index contributed by atoms with van der Waals surface area (Å²) in [4.78, 5) is 13.3. The topological polar surface area (TPSA) is 55.8 Å². The maximum absolute atomic E-state index is 16.0. The number of ketones is 1. The Kier molecular flexibility index (Phi) is 5.02. The SMILES string of the molecule is CC1(C)O[C@@H]2[C@@H](C[C@H]3[C@@H]4C[C@H](F)C5=C(Cl)C(=O)C(c6ccccc6)C[C@]5(C)[C@H]4[C@@H](O)C[C@]23C)O1. The summed E-state index contributed by atoms with van der Waals surface area (Å²) < 4.78 is 28.5. The van der Waals surface area contributed by atoms with E-state index in [1.165, 1.54) is 0 Å². The quantitative estimate of drug-likeness (QED) is 0.565. The molecule has 0 aromatic heterocycles. The largest absolute Gasteiger partial charge is 0.393 e. The van der Waals surface area contributed by atoms with Crippen molar-refractivity contribution in [1.29, 1.82) is 0 Å². The van der Waals surface area contributed by atoms with Crippen LogP contribution in [0.1, 0.15) is 64.9 Å². The predicted molar refractivity (Wildman–Crippen MR) is 127 cm³/mol.